The molecule has 0 unspecified atom stereocenters. The number of carbonyl (C=O) groups is 2. The number of nitrogens with zero attached hydrogens (tertiary/aromatic N) is 2. The second-order valence-electron chi connectivity index (χ2n) is 7.45. The van der Waals surface area contributed by atoms with Gasteiger partial charge in [0.2, 0.25) is 0 Å². The van der Waals surface area contributed by atoms with E-state index in [1.807, 2.05) is 13.8 Å². The lowest BCUT2D eigenvalue weighted by Gasteiger charge is -2.28. The van der Waals surface area contributed by atoms with Crippen LogP contribution in [0.3, 0.4) is 0 Å². The molecule has 0 bridgehead atoms. The van der Waals surface area contributed by atoms with Crippen LogP contribution in [-0.4, -0.2) is 65.0 Å². The first-order chi connectivity index (χ1) is 15.3. The molecule has 1 heterocycles. The summed E-state index contributed by atoms with van der Waals surface area (Å²) in [7, 11) is 1.43. The molecule has 1 amide bonds. The van der Waals surface area contributed by atoms with Gasteiger partial charge in [-0.15, -0.1) is 0 Å². The van der Waals surface area contributed by atoms with E-state index in [0.29, 0.717) is 17.9 Å². The molecule has 170 valence electrons. The van der Waals surface area contributed by atoms with Crippen LogP contribution >= 0.6 is 0 Å². The van der Waals surface area contributed by atoms with Crippen LogP contribution in [-0.2, 0) is 9.59 Å². The number of hydrogen-bond acceptors (Lipinski definition) is 6. The number of aromatic hydroxyl groups is 1. The maximum atomic E-state index is 13.6. The second-order valence-corrected chi connectivity index (χ2v) is 7.45. The monoisotopic (exact) mass is 442 g/mol. The van der Waals surface area contributed by atoms with Crippen molar-refractivity contribution in [2.75, 3.05) is 33.3 Å². The van der Waals surface area contributed by atoms with E-state index in [4.69, 9.17) is 4.74 Å². The van der Waals surface area contributed by atoms with Crippen molar-refractivity contribution in [3.05, 3.63) is 65.0 Å². The van der Waals surface area contributed by atoms with Crippen molar-refractivity contribution < 1.29 is 28.9 Å². The Hall–Kier alpha value is -3.39. The molecule has 1 aliphatic heterocycles. The number of carbonyl (C=O) groups excluding carboxylic acids is 2. The zero-order valence-corrected chi connectivity index (χ0v) is 18.3. The molecule has 0 radical (unpaired) electrons. The molecule has 2 aromatic carbocycles. The van der Waals surface area contributed by atoms with Crippen molar-refractivity contribution in [2.45, 2.75) is 19.9 Å². The highest BCUT2D eigenvalue weighted by atomic mass is 19.1. The van der Waals surface area contributed by atoms with Crippen molar-refractivity contribution in [2.24, 2.45) is 0 Å². The number of ether oxygens (including phenoxy) is 1. The highest BCUT2D eigenvalue weighted by Crippen LogP contribution is 2.41. The molecule has 0 saturated carbocycles. The number of aliphatic hydroxyl groups excluding tert-OH is 1. The third-order valence-electron chi connectivity index (χ3n) is 5.74. The number of phenolic OH excluding ortho intramolecular Hbond substituents is 1. The summed E-state index contributed by atoms with van der Waals surface area (Å²) in [5.74, 6) is -2.49. The maximum absolute atomic E-state index is 13.6. The number of amides is 1. The lowest BCUT2D eigenvalue weighted by atomic mass is 9.95. The molecule has 1 fully saturated rings. The van der Waals surface area contributed by atoms with Gasteiger partial charge in [0, 0.05) is 19.2 Å². The Balaban J connectivity index is 2.12. The number of Topliss-reactive ketones (excluding diaryl/α,β-unsaturated/α-hetero) is 1. The van der Waals surface area contributed by atoms with Crippen molar-refractivity contribution in [1.29, 1.82) is 0 Å². The first kappa shape index (κ1) is 23.3. The Morgan fingerprint density at radius 1 is 1.12 bits per heavy atom. The molecule has 2 aromatic rings. The smallest absolute Gasteiger partial charge is 0.295 e. The van der Waals surface area contributed by atoms with Crippen LogP contribution in [0.4, 0.5) is 4.39 Å². The van der Waals surface area contributed by atoms with Crippen LogP contribution in [0.25, 0.3) is 5.76 Å². The zero-order chi connectivity index (χ0) is 23.4. The minimum Gasteiger partial charge on any atom is -0.507 e. The first-order valence-corrected chi connectivity index (χ1v) is 10.5. The maximum Gasteiger partial charge on any atom is 0.295 e. The quantitative estimate of drug-likeness (QED) is 0.370. The van der Waals surface area contributed by atoms with Gasteiger partial charge in [-0.3, -0.25) is 9.59 Å². The van der Waals surface area contributed by atoms with Gasteiger partial charge in [-0.2, -0.15) is 0 Å². The topological polar surface area (TPSA) is 90.3 Å². The summed E-state index contributed by atoms with van der Waals surface area (Å²) in [4.78, 5) is 29.4. The number of benzene rings is 2. The fraction of sp³-hybridized carbons (Fsp3) is 0.333. The average molecular weight is 442 g/mol. The van der Waals surface area contributed by atoms with Crippen LogP contribution in [0, 0.1) is 5.82 Å². The molecule has 1 atom stereocenters. The molecule has 32 heavy (non-hydrogen) atoms. The van der Waals surface area contributed by atoms with Gasteiger partial charge in [-0.05, 0) is 42.9 Å². The molecule has 0 aliphatic carbocycles. The van der Waals surface area contributed by atoms with Crippen LogP contribution < -0.4 is 4.74 Å². The van der Waals surface area contributed by atoms with Crippen LogP contribution in [0.5, 0.6) is 11.5 Å². The molecular weight excluding hydrogens is 415 g/mol. The van der Waals surface area contributed by atoms with Crippen molar-refractivity contribution in [3.63, 3.8) is 0 Å². The summed E-state index contributed by atoms with van der Waals surface area (Å²) < 4.78 is 18.6. The number of likely N-dealkylation sites (tertiary alicyclic amines) is 1. The van der Waals surface area contributed by atoms with E-state index in [1.165, 1.54) is 54.5 Å². The third kappa shape index (κ3) is 4.45. The fourth-order valence-electron chi connectivity index (χ4n) is 3.88. The van der Waals surface area contributed by atoms with E-state index in [1.54, 1.807) is 0 Å². The van der Waals surface area contributed by atoms with Gasteiger partial charge >= 0.3 is 0 Å². The van der Waals surface area contributed by atoms with Gasteiger partial charge in [0.1, 0.15) is 23.1 Å². The summed E-state index contributed by atoms with van der Waals surface area (Å²) in [5.41, 5.74) is 0.334. The number of halogens is 1. The molecule has 0 spiro atoms. The second kappa shape index (κ2) is 9.82. The fourth-order valence-corrected chi connectivity index (χ4v) is 3.88. The normalized spacial score (nSPS) is 17.9. The van der Waals surface area contributed by atoms with E-state index in [2.05, 4.69) is 4.90 Å². The van der Waals surface area contributed by atoms with Gasteiger partial charge in [-0.1, -0.05) is 26.0 Å². The molecular formula is C24H27FN2O5. The summed E-state index contributed by atoms with van der Waals surface area (Å²) in [5, 5.41) is 21.4. The first-order valence-electron chi connectivity index (χ1n) is 10.5. The zero-order valence-electron chi connectivity index (χ0n) is 18.3. The molecule has 2 N–H and O–H groups in total. The lowest BCUT2D eigenvalue weighted by molar-refractivity contribution is -0.140. The predicted molar refractivity (Wildman–Crippen MR) is 118 cm³/mol. The summed E-state index contributed by atoms with van der Waals surface area (Å²) in [6.07, 6.45) is 0. The van der Waals surface area contributed by atoms with Crippen molar-refractivity contribution in [3.8, 4) is 11.5 Å². The number of methoxy groups -OCH3 is 1. The molecule has 3 rings (SSSR count). The summed E-state index contributed by atoms with van der Waals surface area (Å²) >= 11 is 0. The van der Waals surface area contributed by atoms with Gasteiger partial charge in [-0.25, -0.2) is 4.39 Å². The minimum absolute atomic E-state index is 0.000320. The molecule has 7 nitrogen and oxygen atoms in total. The Bertz CT molecular complexity index is 1030. The molecule has 1 aliphatic rings. The number of likely N-dealkylation sites (N-methyl/N-ethyl adjacent to an activating group) is 1. The SMILES string of the molecule is CCN(CC)CCN1C(=O)C(=O)C(=C(O)c2ccc(OC)cc2O)[C@H]1c1ccc(F)cc1. The van der Waals surface area contributed by atoms with Gasteiger partial charge in [0.05, 0.1) is 24.3 Å². The largest absolute Gasteiger partial charge is 0.507 e. The minimum atomic E-state index is -0.910. The average Bonchev–Trinajstić information content (AvgIpc) is 3.04. The Morgan fingerprint density at radius 2 is 1.78 bits per heavy atom. The molecule has 1 saturated heterocycles. The van der Waals surface area contributed by atoms with E-state index >= 15 is 0 Å². The summed E-state index contributed by atoms with van der Waals surface area (Å²) in [6, 6.07) is 8.78. The van der Waals surface area contributed by atoms with E-state index in [9.17, 15) is 24.2 Å². The number of aliphatic hydroxyl groups is 1. The van der Waals surface area contributed by atoms with Crippen LogP contribution in [0.2, 0.25) is 0 Å². The highest BCUT2D eigenvalue weighted by Gasteiger charge is 2.46. The third-order valence-corrected chi connectivity index (χ3v) is 5.74. The standard InChI is InChI=1S/C24H27FN2O5/c1-4-26(5-2)12-13-27-21(15-6-8-16(25)9-7-15)20(23(30)24(27)31)22(29)18-11-10-17(32-3)14-19(18)28/h6-11,14,21,28-29H,4-5,12-13H2,1-3H3/t21-/m1/s1. The number of hydrogen-bond donors (Lipinski definition) is 2. The number of rotatable bonds is 8. The lowest BCUT2D eigenvalue weighted by Crippen LogP contribution is -2.38. The van der Waals surface area contributed by atoms with Gasteiger partial charge < -0.3 is 24.7 Å². The van der Waals surface area contributed by atoms with Crippen LogP contribution in [0.1, 0.15) is 31.0 Å². The van der Waals surface area contributed by atoms with E-state index in [0.717, 1.165) is 13.1 Å². The molecule has 8 heteroatoms. The van der Waals surface area contributed by atoms with Crippen molar-refractivity contribution in [1.82, 2.24) is 9.80 Å². The Kier molecular flexibility index (Phi) is 7.15. The number of ketones is 1. The van der Waals surface area contributed by atoms with E-state index in [-0.39, 0.29) is 23.4 Å². The van der Waals surface area contributed by atoms with E-state index < -0.39 is 29.3 Å². The predicted octanol–water partition coefficient (Wildman–Crippen LogP) is 3.30. The number of phenols is 1. The van der Waals surface area contributed by atoms with Crippen molar-refractivity contribution >= 4 is 17.4 Å². The molecule has 0 aromatic heterocycles. The van der Waals surface area contributed by atoms with Crippen LogP contribution in [0.15, 0.2) is 48.0 Å². The Labute approximate surface area is 186 Å². The Morgan fingerprint density at radius 3 is 2.34 bits per heavy atom. The highest BCUT2D eigenvalue weighted by molar-refractivity contribution is 6.46. The summed E-state index contributed by atoms with van der Waals surface area (Å²) in [6.45, 7) is 6.34. The van der Waals surface area contributed by atoms with Gasteiger partial charge in [0.25, 0.3) is 11.7 Å². The van der Waals surface area contributed by atoms with Gasteiger partial charge in [0.15, 0.2) is 0 Å².